The summed E-state index contributed by atoms with van der Waals surface area (Å²) in [4.78, 5) is 15.5. The third kappa shape index (κ3) is 2.81. The molecule has 0 bridgehead atoms. The van der Waals surface area contributed by atoms with Crippen molar-refractivity contribution < 1.29 is 9.53 Å². The van der Waals surface area contributed by atoms with Crippen molar-refractivity contribution in [2.45, 2.75) is 6.42 Å². The number of amides is 1. The molecule has 112 valence electrons. The lowest BCUT2D eigenvalue weighted by atomic mass is 10.1. The highest BCUT2D eigenvalue weighted by Crippen LogP contribution is 2.19. The molecule has 0 saturated carbocycles. The molecule has 0 aliphatic carbocycles. The number of carbonyl (C=O) groups excluding carboxylic acids is 1. The van der Waals surface area contributed by atoms with Gasteiger partial charge in [0.05, 0.1) is 12.7 Å². The van der Waals surface area contributed by atoms with Crippen molar-refractivity contribution in [3.63, 3.8) is 0 Å². The summed E-state index contributed by atoms with van der Waals surface area (Å²) in [6, 6.07) is 15.4. The Labute approximate surface area is 129 Å². The third-order valence-corrected chi connectivity index (χ3v) is 3.71. The van der Waals surface area contributed by atoms with E-state index >= 15 is 0 Å². The highest BCUT2D eigenvalue weighted by molar-refractivity contribution is 5.96. The van der Waals surface area contributed by atoms with Crippen molar-refractivity contribution in [1.29, 1.82) is 0 Å². The van der Waals surface area contributed by atoms with Crippen LogP contribution in [0.3, 0.4) is 0 Å². The van der Waals surface area contributed by atoms with Crippen molar-refractivity contribution in [3.8, 4) is 5.75 Å². The fourth-order valence-corrected chi connectivity index (χ4v) is 2.58. The highest BCUT2D eigenvalue weighted by atomic mass is 16.5. The van der Waals surface area contributed by atoms with Crippen LogP contribution >= 0.6 is 0 Å². The Morgan fingerprint density at radius 1 is 1.14 bits per heavy atom. The van der Waals surface area contributed by atoms with Crippen molar-refractivity contribution in [3.05, 3.63) is 65.9 Å². The Bertz CT molecular complexity index is 792. The monoisotopic (exact) mass is 294 g/mol. The Morgan fingerprint density at radius 2 is 1.91 bits per heavy atom. The maximum absolute atomic E-state index is 12.2. The van der Waals surface area contributed by atoms with E-state index in [0.717, 1.165) is 11.9 Å². The number of methoxy groups -OCH3 is 1. The van der Waals surface area contributed by atoms with Crippen molar-refractivity contribution in [2.75, 3.05) is 13.7 Å². The zero-order valence-electron chi connectivity index (χ0n) is 12.4. The Hall–Kier alpha value is -2.75. The molecule has 0 aliphatic rings. The number of hydrogen-bond acceptors (Lipinski definition) is 2. The molecule has 4 heteroatoms. The van der Waals surface area contributed by atoms with E-state index in [1.54, 1.807) is 19.2 Å². The molecule has 0 aliphatic heterocycles. The van der Waals surface area contributed by atoms with E-state index in [4.69, 9.17) is 4.74 Å². The van der Waals surface area contributed by atoms with Gasteiger partial charge in [-0.1, -0.05) is 30.3 Å². The van der Waals surface area contributed by atoms with Crippen LogP contribution in [-0.4, -0.2) is 24.5 Å². The zero-order valence-corrected chi connectivity index (χ0v) is 12.4. The summed E-state index contributed by atoms with van der Waals surface area (Å²) in [5, 5.41) is 4.15. The predicted molar refractivity (Wildman–Crippen MR) is 87.3 cm³/mol. The summed E-state index contributed by atoms with van der Waals surface area (Å²) in [5.41, 5.74) is 2.88. The molecule has 2 aromatic carbocycles. The number of hydrogen-bond donors (Lipinski definition) is 2. The number of ether oxygens (including phenoxy) is 1. The second kappa shape index (κ2) is 6.35. The number of aromatic amines is 1. The largest absolute Gasteiger partial charge is 0.496 e. The summed E-state index contributed by atoms with van der Waals surface area (Å²) in [6.45, 7) is 0.582. The van der Waals surface area contributed by atoms with Crippen LogP contribution in [0.25, 0.3) is 10.9 Å². The molecule has 22 heavy (non-hydrogen) atoms. The molecule has 0 saturated heterocycles. The van der Waals surface area contributed by atoms with Crippen LogP contribution in [0, 0.1) is 0 Å². The smallest absolute Gasteiger partial charge is 0.255 e. The van der Waals surface area contributed by atoms with E-state index in [2.05, 4.69) is 16.4 Å². The van der Waals surface area contributed by atoms with E-state index in [1.807, 2.05) is 36.5 Å². The lowest BCUT2D eigenvalue weighted by molar-refractivity contribution is 0.0951. The summed E-state index contributed by atoms with van der Waals surface area (Å²) >= 11 is 0. The van der Waals surface area contributed by atoms with Gasteiger partial charge in [0.1, 0.15) is 5.75 Å². The maximum Gasteiger partial charge on any atom is 0.255 e. The molecule has 0 unspecified atom stereocenters. The molecule has 0 spiro atoms. The van der Waals surface area contributed by atoms with E-state index < -0.39 is 0 Å². The first-order chi connectivity index (χ1) is 10.8. The van der Waals surface area contributed by atoms with Gasteiger partial charge in [-0.2, -0.15) is 0 Å². The van der Waals surface area contributed by atoms with E-state index in [9.17, 15) is 4.79 Å². The summed E-state index contributed by atoms with van der Waals surface area (Å²) in [7, 11) is 1.57. The fraction of sp³-hybridized carbons (Fsp3) is 0.167. The molecule has 2 N–H and O–H groups in total. The van der Waals surface area contributed by atoms with Gasteiger partial charge in [0.2, 0.25) is 0 Å². The molecule has 1 amide bonds. The van der Waals surface area contributed by atoms with Gasteiger partial charge in [-0.15, -0.1) is 0 Å². The Morgan fingerprint density at radius 3 is 2.77 bits per heavy atom. The van der Waals surface area contributed by atoms with Crippen LogP contribution in [0.4, 0.5) is 0 Å². The van der Waals surface area contributed by atoms with E-state index in [0.29, 0.717) is 17.9 Å². The number of H-pyrrole nitrogens is 1. The maximum atomic E-state index is 12.2. The molecule has 3 aromatic rings. The Kier molecular flexibility index (Phi) is 4.10. The molecule has 1 aromatic heterocycles. The Balaban J connectivity index is 1.64. The minimum Gasteiger partial charge on any atom is -0.496 e. The second-order valence-corrected chi connectivity index (χ2v) is 5.07. The summed E-state index contributed by atoms with van der Waals surface area (Å²) < 4.78 is 5.21. The highest BCUT2D eigenvalue weighted by Gasteiger charge is 2.11. The zero-order chi connectivity index (χ0) is 15.4. The van der Waals surface area contributed by atoms with Crippen LogP contribution in [0.2, 0.25) is 0 Å². The first-order valence-electron chi connectivity index (χ1n) is 7.26. The van der Waals surface area contributed by atoms with Crippen molar-refractivity contribution in [1.82, 2.24) is 10.3 Å². The lowest BCUT2D eigenvalue weighted by Crippen LogP contribution is -2.26. The molecular formula is C18H18N2O2. The standard InChI is InChI=1S/C18H18N2O2/c1-22-17-9-5-3-7-15(17)18(21)19-11-10-13-12-20-16-8-4-2-6-14(13)16/h2-9,12,20H,10-11H2,1H3,(H,19,21). The molecule has 0 radical (unpaired) electrons. The topological polar surface area (TPSA) is 54.1 Å². The summed E-state index contributed by atoms with van der Waals surface area (Å²) in [6.07, 6.45) is 2.78. The molecule has 0 fully saturated rings. The molecule has 4 nitrogen and oxygen atoms in total. The third-order valence-electron chi connectivity index (χ3n) is 3.71. The number of carbonyl (C=O) groups is 1. The average molecular weight is 294 g/mol. The first kappa shape index (κ1) is 14.2. The average Bonchev–Trinajstić information content (AvgIpc) is 2.98. The van der Waals surface area contributed by atoms with Gasteiger partial charge in [-0.3, -0.25) is 4.79 Å². The van der Waals surface area contributed by atoms with Gasteiger partial charge in [0.25, 0.3) is 5.91 Å². The number of fused-ring (bicyclic) bond motifs is 1. The second-order valence-electron chi connectivity index (χ2n) is 5.07. The fourth-order valence-electron chi connectivity index (χ4n) is 2.58. The normalized spacial score (nSPS) is 10.6. The first-order valence-corrected chi connectivity index (χ1v) is 7.26. The van der Waals surface area contributed by atoms with Crippen LogP contribution in [0.15, 0.2) is 54.7 Å². The molecule has 3 rings (SSSR count). The SMILES string of the molecule is COc1ccccc1C(=O)NCCc1c[nH]c2ccccc12. The minimum atomic E-state index is -0.114. The quantitative estimate of drug-likeness (QED) is 0.759. The van der Waals surface area contributed by atoms with Crippen molar-refractivity contribution in [2.24, 2.45) is 0 Å². The number of benzene rings is 2. The van der Waals surface area contributed by atoms with Gasteiger partial charge in [0, 0.05) is 23.6 Å². The predicted octanol–water partition coefficient (Wildman–Crippen LogP) is 3.15. The van der Waals surface area contributed by atoms with E-state index in [-0.39, 0.29) is 5.91 Å². The number of nitrogens with one attached hydrogen (secondary N) is 2. The van der Waals surface area contributed by atoms with Crippen LogP contribution in [-0.2, 0) is 6.42 Å². The van der Waals surface area contributed by atoms with Crippen LogP contribution < -0.4 is 10.1 Å². The number of rotatable bonds is 5. The molecular weight excluding hydrogens is 276 g/mol. The lowest BCUT2D eigenvalue weighted by Gasteiger charge is -2.08. The number of aromatic nitrogens is 1. The minimum absolute atomic E-state index is 0.114. The van der Waals surface area contributed by atoms with Crippen LogP contribution in [0.5, 0.6) is 5.75 Å². The van der Waals surface area contributed by atoms with Gasteiger partial charge in [-0.05, 0) is 30.2 Å². The van der Waals surface area contributed by atoms with Crippen molar-refractivity contribution >= 4 is 16.8 Å². The molecule has 0 atom stereocenters. The molecule has 1 heterocycles. The van der Waals surface area contributed by atoms with Crippen LogP contribution in [0.1, 0.15) is 15.9 Å². The van der Waals surface area contributed by atoms with Gasteiger partial charge < -0.3 is 15.0 Å². The van der Waals surface area contributed by atoms with Gasteiger partial charge in [-0.25, -0.2) is 0 Å². The van der Waals surface area contributed by atoms with E-state index in [1.165, 1.54) is 10.9 Å². The van der Waals surface area contributed by atoms with Gasteiger partial charge in [0.15, 0.2) is 0 Å². The van der Waals surface area contributed by atoms with Gasteiger partial charge >= 0.3 is 0 Å². The number of para-hydroxylation sites is 2. The summed E-state index contributed by atoms with van der Waals surface area (Å²) in [5.74, 6) is 0.476.